The largest absolute Gasteiger partial charge is 0.399 e. The van der Waals surface area contributed by atoms with Gasteiger partial charge in [-0.1, -0.05) is 60.7 Å². The van der Waals surface area contributed by atoms with Gasteiger partial charge in [0, 0.05) is 18.3 Å². The van der Waals surface area contributed by atoms with Crippen LogP contribution in [-0.4, -0.2) is 5.91 Å². The number of nitrogens with one attached hydrogen (secondary N) is 1. The predicted molar refractivity (Wildman–Crippen MR) is 106 cm³/mol. The first kappa shape index (κ1) is 16.5. The molecule has 3 heteroatoms. The number of rotatable bonds is 4. The molecular formula is C22H20N2O. The van der Waals surface area contributed by atoms with E-state index in [9.17, 15) is 4.79 Å². The summed E-state index contributed by atoms with van der Waals surface area (Å²) in [4.78, 5) is 11.1. The summed E-state index contributed by atoms with van der Waals surface area (Å²) >= 11 is 0. The van der Waals surface area contributed by atoms with E-state index in [1.54, 1.807) is 0 Å². The van der Waals surface area contributed by atoms with Gasteiger partial charge in [-0.15, -0.1) is 0 Å². The second-order valence-electron chi connectivity index (χ2n) is 5.88. The van der Waals surface area contributed by atoms with Gasteiger partial charge < -0.3 is 11.1 Å². The van der Waals surface area contributed by atoms with Crippen LogP contribution in [0, 0.1) is 0 Å². The zero-order valence-corrected chi connectivity index (χ0v) is 14.1. The highest BCUT2D eigenvalue weighted by Crippen LogP contribution is 2.22. The van der Waals surface area contributed by atoms with E-state index in [-0.39, 0.29) is 5.91 Å². The zero-order chi connectivity index (χ0) is 17.6. The topological polar surface area (TPSA) is 55.1 Å². The highest BCUT2D eigenvalue weighted by Gasteiger charge is 1.99. The Labute approximate surface area is 147 Å². The van der Waals surface area contributed by atoms with Crippen molar-refractivity contribution in [2.75, 3.05) is 11.1 Å². The van der Waals surface area contributed by atoms with Crippen LogP contribution in [0.25, 0.3) is 23.3 Å². The van der Waals surface area contributed by atoms with Crippen molar-refractivity contribution in [3.05, 3.63) is 83.9 Å². The Balaban J connectivity index is 1.71. The SMILES string of the molecule is CC(=O)Nc1ccc(-c2ccc(/C=C/c3ccc(N)cc3)cc2)cc1. The molecule has 0 heterocycles. The molecule has 124 valence electrons. The van der Waals surface area contributed by atoms with Crippen LogP contribution in [0.4, 0.5) is 11.4 Å². The average Bonchev–Trinajstić information content (AvgIpc) is 2.62. The van der Waals surface area contributed by atoms with E-state index in [1.807, 2.05) is 48.5 Å². The van der Waals surface area contributed by atoms with Crippen molar-refractivity contribution in [3.8, 4) is 11.1 Å². The fourth-order valence-corrected chi connectivity index (χ4v) is 2.54. The van der Waals surface area contributed by atoms with Gasteiger partial charge >= 0.3 is 0 Å². The maximum atomic E-state index is 11.1. The molecule has 25 heavy (non-hydrogen) atoms. The lowest BCUT2D eigenvalue weighted by Crippen LogP contribution is -2.05. The molecule has 0 atom stereocenters. The molecule has 3 rings (SSSR count). The number of hydrogen-bond acceptors (Lipinski definition) is 2. The number of carbonyl (C=O) groups excluding carboxylic acids is 1. The third kappa shape index (κ3) is 4.58. The van der Waals surface area contributed by atoms with Gasteiger partial charge in [0.25, 0.3) is 0 Å². The number of carbonyl (C=O) groups is 1. The molecule has 0 saturated carbocycles. The van der Waals surface area contributed by atoms with E-state index in [0.29, 0.717) is 0 Å². The van der Waals surface area contributed by atoms with Crippen LogP contribution >= 0.6 is 0 Å². The number of benzene rings is 3. The minimum Gasteiger partial charge on any atom is -0.399 e. The van der Waals surface area contributed by atoms with Crippen LogP contribution in [0.5, 0.6) is 0 Å². The fraction of sp³-hybridized carbons (Fsp3) is 0.0455. The van der Waals surface area contributed by atoms with Crippen molar-refractivity contribution in [1.29, 1.82) is 0 Å². The van der Waals surface area contributed by atoms with Crippen LogP contribution in [0.3, 0.4) is 0 Å². The molecule has 1 amide bonds. The monoisotopic (exact) mass is 328 g/mol. The average molecular weight is 328 g/mol. The summed E-state index contributed by atoms with van der Waals surface area (Å²) in [5, 5.41) is 2.77. The van der Waals surface area contributed by atoms with E-state index in [2.05, 4.69) is 41.7 Å². The van der Waals surface area contributed by atoms with E-state index >= 15 is 0 Å². The molecule has 0 aliphatic carbocycles. The van der Waals surface area contributed by atoms with Crippen LogP contribution in [0.15, 0.2) is 72.8 Å². The summed E-state index contributed by atoms with van der Waals surface area (Å²) < 4.78 is 0. The lowest BCUT2D eigenvalue weighted by Gasteiger charge is -2.05. The molecule has 0 spiro atoms. The van der Waals surface area contributed by atoms with Crippen molar-refractivity contribution >= 4 is 29.4 Å². The normalized spacial score (nSPS) is 10.8. The first-order valence-electron chi connectivity index (χ1n) is 8.12. The van der Waals surface area contributed by atoms with Gasteiger partial charge in [-0.25, -0.2) is 0 Å². The summed E-state index contributed by atoms with van der Waals surface area (Å²) in [7, 11) is 0. The number of hydrogen-bond donors (Lipinski definition) is 2. The maximum Gasteiger partial charge on any atom is 0.221 e. The van der Waals surface area contributed by atoms with Crippen LogP contribution in [-0.2, 0) is 4.79 Å². The number of anilines is 2. The Kier molecular flexibility index (Phi) is 4.95. The summed E-state index contributed by atoms with van der Waals surface area (Å²) in [6, 6.07) is 24.0. The van der Waals surface area contributed by atoms with Gasteiger partial charge in [0.2, 0.25) is 5.91 Å². The van der Waals surface area contributed by atoms with Gasteiger partial charge in [-0.2, -0.15) is 0 Å². The summed E-state index contributed by atoms with van der Waals surface area (Å²) in [5.41, 5.74) is 11.8. The molecule has 3 nitrogen and oxygen atoms in total. The minimum atomic E-state index is -0.0648. The van der Waals surface area contributed by atoms with E-state index in [4.69, 9.17) is 5.73 Å². The van der Waals surface area contributed by atoms with Gasteiger partial charge in [0.05, 0.1) is 0 Å². The predicted octanol–water partition coefficient (Wildman–Crippen LogP) is 5.06. The summed E-state index contributed by atoms with van der Waals surface area (Å²) in [5.74, 6) is -0.0648. The standard InChI is InChI=1S/C22H20N2O/c1-16(25)24-22-14-10-20(11-15-22)19-8-4-17(5-9-19)2-3-18-6-12-21(23)13-7-18/h2-15H,23H2,1H3,(H,24,25)/b3-2+. The molecule has 0 radical (unpaired) electrons. The highest BCUT2D eigenvalue weighted by atomic mass is 16.1. The van der Waals surface area contributed by atoms with Crippen LogP contribution < -0.4 is 11.1 Å². The number of nitrogens with two attached hydrogens (primary N) is 1. The Hall–Kier alpha value is -3.33. The molecule has 3 aromatic carbocycles. The first-order valence-corrected chi connectivity index (χ1v) is 8.12. The van der Waals surface area contributed by atoms with E-state index in [0.717, 1.165) is 33.6 Å². The molecule has 0 fully saturated rings. The van der Waals surface area contributed by atoms with Crippen molar-refractivity contribution in [3.63, 3.8) is 0 Å². The third-order valence-electron chi connectivity index (χ3n) is 3.85. The van der Waals surface area contributed by atoms with Crippen molar-refractivity contribution in [2.24, 2.45) is 0 Å². The Morgan fingerprint density at radius 1 is 0.760 bits per heavy atom. The third-order valence-corrected chi connectivity index (χ3v) is 3.85. The quantitative estimate of drug-likeness (QED) is 0.519. The Morgan fingerprint density at radius 3 is 1.68 bits per heavy atom. The highest BCUT2D eigenvalue weighted by molar-refractivity contribution is 5.89. The number of amides is 1. The second kappa shape index (κ2) is 7.49. The molecule has 0 unspecified atom stereocenters. The molecule has 0 aromatic heterocycles. The molecule has 0 bridgehead atoms. The lowest BCUT2D eigenvalue weighted by atomic mass is 10.0. The fourth-order valence-electron chi connectivity index (χ4n) is 2.54. The molecule has 3 N–H and O–H groups in total. The smallest absolute Gasteiger partial charge is 0.221 e. The summed E-state index contributed by atoms with van der Waals surface area (Å²) in [6.45, 7) is 1.50. The van der Waals surface area contributed by atoms with Crippen molar-refractivity contribution in [2.45, 2.75) is 6.92 Å². The van der Waals surface area contributed by atoms with Crippen molar-refractivity contribution < 1.29 is 4.79 Å². The lowest BCUT2D eigenvalue weighted by molar-refractivity contribution is -0.114. The van der Waals surface area contributed by atoms with Gasteiger partial charge in [0.1, 0.15) is 0 Å². The van der Waals surface area contributed by atoms with Gasteiger partial charge in [-0.05, 0) is 46.5 Å². The Morgan fingerprint density at radius 2 is 1.20 bits per heavy atom. The molecule has 0 saturated heterocycles. The first-order chi connectivity index (χ1) is 12.1. The molecule has 3 aromatic rings. The second-order valence-corrected chi connectivity index (χ2v) is 5.88. The molecular weight excluding hydrogens is 308 g/mol. The molecule has 0 aliphatic heterocycles. The van der Waals surface area contributed by atoms with Crippen molar-refractivity contribution in [1.82, 2.24) is 0 Å². The van der Waals surface area contributed by atoms with Gasteiger partial charge in [0.15, 0.2) is 0 Å². The summed E-state index contributed by atoms with van der Waals surface area (Å²) in [6.07, 6.45) is 4.14. The number of nitrogen functional groups attached to an aromatic ring is 1. The van der Waals surface area contributed by atoms with Gasteiger partial charge in [-0.3, -0.25) is 4.79 Å². The van der Waals surface area contributed by atoms with E-state index < -0.39 is 0 Å². The zero-order valence-electron chi connectivity index (χ0n) is 14.1. The van der Waals surface area contributed by atoms with E-state index in [1.165, 1.54) is 6.92 Å². The molecule has 0 aliphatic rings. The minimum absolute atomic E-state index is 0.0648. The Bertz CT molecular complexity index is 877. The maximum absolute atomic E-state index is 11.1. The van der Waals surface area contributed by atoms with Crippen LogP contribution in [0.2, 0.25) is 0 Å². The van der Waals surface area contributed by atoms with Crippen LogP contribution in [0.1, 0.15) is 18.1 Å².